The van der Waals surface area contributed by atoms with Gasteiger partial charge >= 0.3 is 12.2 Å². The van der Waals surface area contributed by atoms with Crippen LogP contribution in [0.15, 0.2) is 65.9 Å². The van der Waals surface area contributed by atoms with Gasteiger partial charge in [0.05, 0.1) is 34.4 Å². The van der Waals surface area contributed by atoms with E-state index in [9.17, 15) is 19.2 Å². The number of nitrogens with one attached hydrogen (secondary N) is 5. The molecule has 1 saturated heterocycles. The Morgan fingerprint density at radius 2 is 1.13 bits per heavy atom. The number of pyridine rings is 1. The minimum atomic E-state index is -0.741. The van der Waals surface area contributed by atoms with Crippen molar-refractivity contribution < 1.29 is 38.1 Å². The van der Waals surface area contributed by atoms with Crippen LogP contribution in [-0.2, 0) is 31.9 Å². The molecule has 4 amide bonds. The summed E-state index contributed by atoms with van der Waals surface area (Å²) in [7, 11) is 0. The van der Waals surface area contributed by atoms with Crippen molar-refractivity contribution in [2.24, 2.45) is 15.8 Å². The largest absolute Gasteiger partial charge is 0.475 e. The molecule has 0 radical (unpaired) electrons. The summed E-state index contributed by atoms with van der Waals surface area (Å²) in [5.41, 5.74) is 9.71. The fourth-order valence-corrected chi connectivity index (χ4v) is 10.2. The molecule has 21 heteroatoms. The van der Waals surface area contributed by atoms with Crippen molar-refractivity contribution in [2.75, 3.05) is 65.6 Å². The monoisotopic (exact) mass is 1180 g/mol. The van der Waals surface area contributed by atoms with Gasteiger partial charge in [0, 0.05) is 92.9 Å². The first kappa shape index (κ1) is 67.2. The Labute approximate surface area is 503 Å². The summed E-state index contributed by atoms with van der Waals surface area (Å²) in [5.74, 6) is 1.75. The van der Waals surface area contributed by atoms with Crippen LogP contribution in [-0.4, -0.2) is 153 Å². The lowest BCUT2D eigenvalue weighted by Crippen LogP contribution is -2.44. The third kappa shape index (κ3) is 19.5. The van der Waals surface area contributed by atoms with Gasteiger partial charge in [0.15, 0.2) is 5.11 Å². The molecule has 6 rings (SSSR count). The zero-order valence-electron chi connectivity index (χ0n) is 52.5. The number of hydrogen-bond acceptors (Lipinski definition) is 13. The normalized spacial score (nSPS) is 13.5. The van der Waals surface area contributed by atoms with Crippen LogP contribution in [0.5, 0.6) is 11.8 Å². The van der Waals surface area contributed by atoms with E-state index in [-0.39, 0.29) is 42.3 Å². The molecule has 3 aromatic heterocycles. The highest BCUT2D eigenvalue weighted by Gasteiger charge is 2.35. The van der Waals surface area contributed by atoms with E-state index in [2.05, 4.69) is 96.5 Å². The van der Waals surface area contributed by atoms with Crippen LogP contribution >= 0.6 is 12.2 Å². The molecule has 0 spiro atoms. The van der Waals surface area contributed by atoms with Crippen molar-refractivity contribution >= 4 is 47.3 Å². The molecule has 20 nitrogen and oxygen atoms in total. The molecule has 1 fully saturated rings. The minimum Gasteiger partial charge on any atom is -0.475 e. The molecular weight excluding hydrogens is 1080 g/mol. The topological polar surface area (TPSA) is 234 Å². The van der Waals surface area contributed by atoms with Crippen molar-refractivity contribution in [2.45, 2.75) is 148 Å². The summed E-state index contributed by atoms with van der Waals surface area (Å²) < 4.78 is 22.9. The molecule has 1 unspecified atom stereocenters. The van der Waals surface area contributed by atoms with Crippen LogP contribution in [0, 0.1) is 38.5 Å². The van der Waals surface area contributed by atoms with Gasteiger partial charge < -0.3 is 39.0 Å². The fraction of sp³-hybridized carbons (Fsp3) is 0.540. The Morgan fingerprint density at radius 3 is 1.57 bits per heavy atom. The number of aliphatic imine (C=N–C) groups is 1. The summed E-state index contributed by atoms with van der Waals surface area (Å²) in [6, 6.07) is 16.7. The number of ether oxygens (including phenoxy) is 4. The third-order valence-corrected chi connectivity index (χ3v) is 14.4. The predicted octanol–water partition coefficient (Wildman–Crippen LogP) is 10.4. The number of aromatic nitrogens is 5. The lowest BCUT2D eigenvalue weighted by Gasteiger charge is -2.30. The van der Waals surface area contributed by atoms with E-state index in [1.165, 1.54) is 5.56 Å². The summed E-state index contributed by atoms with van der Waals surface area (Å²) in [5, 5.41) is 24.0. The summed E-state index contributed by atoms with van der Waals surface area (Å²) in [6.45, 7) is 36.0. The summed E-state index contributed by atoms with van der Waals surface area (Å²) in [4.78, 5) is 65.5. The second-order valence-corrected chi connectivity index (χ2v) is 23.6. The van der Waals surface area contributed by atoms with Crippen LogP contribution in [0.4, 0.5) is 9.59 Å². The molecule has 1 aliphatic rings. The van der Waals surface area contributed by atoms with E-state index in [1.807, 2.05) is 113 Å². The molecule has 0 saturated carbocycles. The average molecular weight is 1180 g/mol. The van der Waals surface area contributed by atoms with Gasteiger partial charge in [-0.1, -0.05) is 34.4 Å². The molecule has 2 aromatic carbocycles. The second kappa shape index (κ2) is 31.4. The molecule has 84 heavy (non-hydrogen) atoms. The van der Waals surface area contributed by atoms with Gasteiger partial charge in [-0.05, 0) is 184 Å². The first-order valence-electron chi connectivity index (χ1n) is 29.4. The molecule has 5 aromatic rings. The number of aryl methyl sites for hydroxylation is 4. The number of carbonyl (C=O) groups is 4. The Bertz CT molecular complexity index is 2980. The SMILES string of the molecule is CCN(CC)C(=O)C(C)(C)COc1n[nH]c(-c2cc(C)cc(C)c2)c1CCN=C(NC(=O)OC(C)C)N1CCC(c2ccncc2)C1.CCN(CC)C(=O)C(C)(C)COc1n[nH]c(-c2cc(C)cc(C)c2)c1CCNC(=S)NC(=O)OC(C)C. The number of guanidine groups is 1. The predicted molar refractivity (Wildman–Crippen MR) is 334 cm³/mol. The van der Waals surface area contributed by atoms with Crippen LogP contribution < -0.4 is 25.4 Å². The molecule has 1 atom stereocenters. The maximum atomic E-state index is 13.2. The van der Waals surface area contributed by atoms with Gasteiger partial charge in [-0.25, -0.2) is 9.59 Å². The zero-order chi connectivity index (χ0) is 61.9. The summed E-state index contributed by atoms with van der Waals surface area (Å²) in [6.07, 6.45) is 3.92. The molecule has 458 valence electrons. The van der Waals surface area contributed by atoms with Gasteiger partial charge in [-0.15, -0.1) is 10.2 Å². The number of nitrogens with zero attached hydrogens (tertiary/aromatic N) is 7. The zero-order valence-corrected chi connectivity index (χ0v) is 53.3. The van der Waals surface area contributed by atoms with Gasteiger partial charge in [0.2, 0.25) is 29.5 Å². The number of alkyl carbamates (subject to hydrolysis) is 2. The van der Waals surface area contributed by atoms with Crippen LogP contribution in [0.25, 0.3) is 22.5 Å². The number of rotatable bonds is 23. The number of amides is 4. The van der Waals surface area contributed by atoms with Crippen LogP contribution in [0.3, 0.4) is 0 Å². The first-order valence-corrected chi connectivity index (χ1v) is 29.8. The number of carbonyl (C=O) groups excluding carboxylic acids is 4. The van der Waals surface area contributed by atoms with Crippen LogP contribution in [0.2, 0.25) is 0 Å². The highest BCUT2D eigenvalue weighted by atomic mass is 32.1. The number of thiocarbonyl (C=S) groups is 1. The third-order valence-electron chi connectivity index (χ3n) is 14.1. The van der Waals surface area contributed by atoms with E-state index in [4.69, 9.17) is 36.2 Å². The second-order valence-electron chi connectivity index (χ2n) is 23.1. The standard InChI is InChI=1S/C36H51N7O4.C27H41N5O4S/c1-9-42(10-2)33(44)36(7,8)23-46-32-30(31(40-41-32)29-20-25(5)19-26(6)21-29)13-17-38-34(39-35(45)47-24(3)4)43-18-14-28(22-43)27-11-15-37-16-12-27;1-9-32(10-2)24(33)27(7,8)16-35-23-21(11-12-28-25(37)29-26(34)36-17(3)4)22(30-31-23)20-14-18(5)13-19(6)15-20/h11-12,15-16,19-21,24,28H,9-10,13-14,17-18,22-23H2,1-8H3,(H,40,41)(H,38,39,45);13-15,17H,9-12,16H2,1-8H3,(H,30,31)(H2,28,29,34,37). The van der Waals surface area contributed by atoms with Gasteiger partial charge in [-0.3, -0.25) is 40.4 Å². The Kier molecular flexibility index (Phi) is 25.1. The maximum absolute atomic E-state index is 13.2. The van der Waals surface area contributed by atoms with Crippen molar-refractivity contribution in [1.82, 2.24) is 56.0 Å². The van der Waals surface area contributed by atoms with Crippen molar-refractivity contribution in [1.29, 1.82) is 0 Å². The average Bonchev–Trinajstić information content (AvgIpc) is 3.50. The molecule has 0 bridgehead atoms. The maximum Gasteiger partial charge on any atom is 0.414 e. The Morgan fingerprint density at radius 1 is 0.690 bits per heavy atom. The molecule has 0 aliphatic carbocycles. The number of aromatic amines is 2. The van der Waals surface area contributed by atoms with Crippen molar-refractivity contribution in [3.63, 3.8) is 0 Å². The van der Waals surface area contributed by atoms with E-state index in [0.29, 0.717) is 82.3 Å². The molecule has 1 aliphatic heterocycles. The number of hydrogen-bond donors (Lipinski definition) is 5. The quantitative estimate of drug-likeness (QED) is 0.0233. The first-order chi connectivity index (χ1) is 39.8. The van der Waals surface area contributed by atoms with E-state index < -0.39 is 23.0 Å². The number of likely N-dealkylation sites (tertiary alicyclic amines) is 1. The highest BCUT2D eigenvalue weighted by Crippen LogP contribution is 2.34. The molecule has 5 N–H and O–H groups in total. The molecule has 4 heterocycles. The smallest absolute Gasteiger partial charge is 0.414 e. The van der Waals surface area contributed by atoms with Gasteiger partial charge in [-0.2, -0.15) is 0 Å². The van der Waals surface area contributed by atoms with Crippen molar-refractivity contribution in [3.8, 4) is 34.3 Å². The Hall–Kier alpha value is -7.55. The van der Waals surface area contributed by atoms with E-state index in [1.54, 1.807) is 18.7 Å². The lowest BCUT2D eigenvalue weighted by atomic mass is 9.92. The number of H-pyrrole nitrogens is 2. The van der Waals surface area contributed by atoms with Crippen molar-refractivity contribution in [3.05, 3.63) is 99.9 Å². The summed E-state index contributed by atoms with van der Waals surface area (Å²) >= 11 is 5.23. The Balaban J connectivity index is 0.000000317. The minimum absolute atomic E-state index is 0.0375. The van der Waals surface area contributed by atoms with Crippen LogP contribution in [0.1, 0.15) is 134 Å². The van der Waals surface area contributed by atoms with E-state index in [0.717, 1.165) is 68.9 Å². The van der Waals surface area contributed by atoms with Gasteiger partial charge in [0.1, 0.15) is 13.2 Å². The molecular formula is C63H92N12O8S. The lowest BCUT2D eigenvalue weighted by molar-refractivity contribution is -0.142. The highest BCUT2D eigenvalue weighted by molar-refractivity contribution is 7.80. The number of benzene rings is 2. The van der Waals surface area contributed by atoms with E-state index >= 15 is 0 Å². The fourth-order valence-electron chi connectivity index (χ4n) is 9.98. The van der Waals surface area contributed by atoms with Gasteiger partial charge in [0.25, 0.3) is 0 Å².